The van der Waals surface area contributed by atoms with Crippen LogP contribution >= 0.6 is 23.0 Å². The van der Waals surface area contributed by atoms with E-state index in [-0.39, 0.29) is 0 Å². The summed E-state index contributed by atoms with van der Waals surface area (Å²) in [7, 11) is 0. The number of aryl methyl sites for hydroxylation is 2. The highest BCUT2D eigenvalue weighted by Gasteiger charge is 2.11. The predicted octanol–water partition coefficient (Wildman–Crippen LogP) is 3.74. The van der Waals surface area contributed by atoms with Gasteiger partial charge in [0.25, 0.3) is 0 Å². The van der Waals surface area contributed by atoms with E-state index >= 15 is 0 Å². The standard InChI is InChI=1S/C14H12IN3O/c1-9-7-11(19-15)3-4-12(9)14-10(2)17-8-13-16-5-6-18(13)14/h3-8H,1-2H3. The first kappa shape index (κ1) is 12.4. The normalized spacial score (nSPS) is 10.9. The van der Waals surface area contributed by atoms with Crippen LogP contribution in [0.2, 0.25) is 0 Å². The SMILES string of the molecule is Cc1cc(OI)ccc1-c1c(C)ncc2nccn12. The monoisotopic (exact) mass is 365 g/mol. The van der Waals surface area contributed by atoms with Gasteiger partial charge in [0.2, 0.25) is 0 Å². The minimum atomic E-state index is 0.852. The number of nitrogens with zero attached hydrogens (tertiary/aromatic N) is 3. The Labute approximate surface area is 125 Å². The Morgan fingerprint density at radius 1 is 1.21 bits per heavy atom. The lowest BCUT2D eigenvalue weighted by Gasteiger charge is -2.12. The van der Waals surface area contributed by atoms with E-state index < -0.39 is 0 Å². The maximum Gasteiger partial charge on any atom is 0.192 e. The number of rotatable bonds is 2. The van der Waals surface area contributed by atoms with Crippen LogP contribution in [-0.4, -0.2) is 14.4 Å². The number of halogens is 1. The van der Waals surface area contributed by atoms with E-state index in [1.807, 2.05) is 48.3 Å². The van der Waals surface area contributed by atoms with Gasteiger partial charge in [-0.25, -0.2) is 4.98 Å². The summed E-state index contributed by atoms with van der Waals surface area (Å²) in [5.41, 5.74) is 5.21. The van der Waals surface area contributed by atoms with E-state index in [0.717, 1.165) is 33.9 Å². The molecule has 0 aliphatic heterocycles. The molecule has 0 bridgehead atoms. The van der Waals surface area contributed by atoms with Crippen LogP contribution in [0.5, 0.6) is 5.75 Å². The average molecular weight is 365 g/mol. The summed E-state index contributed by atoms with van der Waals surface area (Å²) in [6.45, 7) is 4.08. The van der Waals surface area contributed by atoms with E-state index in [4.69, 9.17) is 3.07 Å². The maximum atomic E-state index is 5.22. The Morgan fingerprint density at radius 3 is 2.79 bits per heavy atom. The molecule has 0 aliphatic rings. The Kier molecular flexibility index (Phi) is 3.14. The second-order valence-corrected chi connectivity index (χ2v) is 4.84. The summed E-state index contributed by atoms with van der Waals surface area (Å²) >= 11 is 1.89. The quantitative estimate of drug-likeness (QED) is 0.650. The zero-order valence-electron chi connectivity index (χ0n) is 10.6. The van der Waals surface area contributed by atoms with E-state index in [2.05, 4.69) is 27.4 Å². The minimum absolute atomic E-state index is 0.852. The second kappa shape index (κ2) is 4.80. The molecule has 0 saturated heterocycles. The van der Waals surface area contributed by atoms with Crippen molar-refractivity contribution < 1.29 is 3.07 Å². The van der Waals surface area contributed by atoms with Crippen molar-refractivity contribution in [3.63, 3.8) is 0 Å². The highest BCUT2D eigenvalue weighted by atomic mass is 127. The Morgan fingerprint density at radius 2 is 2.05 bits per heavy atom. The lowest BCUT2D eigenvalue weighted by atomic mass is 10.0. The van der Waals surface area contributed by atoms with Crippen LogP contribution in [-0.2, 0) is 0 Å². The third kappa shape index (κ3) is 2.07. The molecule has 0 amide bonds. The number of imidazole rings is 1. The molecule has 4 nitrogen and oxygen atoms in total. The third-order valence-electron chi connectivity index (χ3n) is 3.17. The lowest BCUT2D eigenvalue weighted by Crippen LogP contribution is -1.99. The van der Waals surface area contributed by atoms with Crippen LogP contribution in [0.4, 0.5) is 0 Å². The summed E-state index contributed by atoms with van der Waals surface area (Å²) in [6.07, 6.45) is 5.54. The van der Waals surface area contributed by atoms with Crippen molar-refractivity contribution in [1.82, 2.24) is 14.4 Å². The molecule has 2 heterocycles. The highest BCUT2D eigenvalue weighted by molar-refractivity contribution is 14.1. The fourth-order valence-corrected chi connectivity index (χ4v) is 2.54. The van der Waals surface area contributed by atoms with Crippen molar-refractivity contribution in [1.29, 1.82) is 0 Å². The molecule has 1 aromatic carbocycles. The molecule has 0 atom stereocenters. The van der Waals surface area contributed by atoms with Gasteiger partial charge in [0.15, 0.2) is 28.7 Å². The van der Waals surface area contributed by atoms with Crippen LogP contribution in [0, 0.1) is 13.8 Å². The molecule has 0 unspecified atom stereocenters. The van der Waals surface area contributed by atoms with Crippen LogP contribution in [0.1, 0.15) is 11.3 Å². The Bertz CT molecular complexity index is 752. The molecule has 0 saturated carbocycles. The predicted molar refractivity (Wildman–Crippen MR) is 82.5 cm³/mol. The zero-order chi connectivity index (χ0) is 13.4. The number of hydrogen-bond acceptors (Lipinski definition) is 3. The van der Waals surface area contributed by atoms with E-state index in [0.29, 0.717) is 0 Å². The molecule has 0 radical (unpaired) electrons. The summed E-state index contributed by atoms with van der Waals surface area (Å²) in [5, 5.41) is 0. The summed E-state index contributed by atoms with van der Waals surface area (Å²) < 4.78 is 7.29. The van der Waals surface area contributed by atoms with Gasteiger partial charge in [-0.15, -0.1) is 0 Å². The Hall–Kier alpha value is -1.63. The van der Waals surface area contributed by atoms with Crippen LogP contribution in [0.25, 0.3) is 16.9 Å². The average Bonchev–Trinajstić information content (AvgIpc) is 2.88. The van der Waals surface area contributed by atoms with Crippen molar-refractivity contribution >= 4 is 28.7 Å². The Balaban J connectivity index is 2.29. The molecule has 0 aliphatic carbocycles. The highest BCUT2D eigenvalue weighted by Crippen LogP contribution is 2.29. The van der Waals surface area contributed by atoms with Gasteiger partial charge in [-0.1, -0.05) is 0 Å². The van der Waals surface area contributed by atoms with E-state index in [1.165, 1.54) is 0 Å². The molecular formula is C14H12IN3O. The molecule has 3 aromatic rings. The fraction of sp³-hybridized carbons (Fsp3) is 0.143. The first-order chi connectivity index (χ1) is 9.20. The molecule has 3 rings (SSSR count). The van der Waals surface area contributed by atoms with Crippen LogP contribution < -0.4 is 3.07 Å². The lowest BCUT2D eigenvalue weighted by molar-refractivity contribution is 0.716. The molecular weight excluding hydrogens is 353 g/mol. The maximum absolute atomic E-state index is 5.22. The molecule has 0 fully saturated rings. The molecule has 0 N–H and O–H groups in total. The molecule has 2 aromatic heterocycles. The largest absolute Gasteiger partial charge is 0.428 e. The van der Waals surface area contributed by atoms with Gasteiger partial charge < -0.3 is 3.07 Å². The van der Waals surface area contributed by atoms with Crippen molar-refractivity contribution in [2.24, 2.45) is 0 Å². The first-order valence-corrected chi connectivity index (χ1v) is 6.77. The minimum Gasteiger partial charge on any atom is -0.428 e. The smallest absolute Gasteiger partial charge is 0.192 e. The van der Waals surface area contributed by atoms with Gasteiger partial charge >= 0.3 is 0 Å². The van der Waals surface area contributed by atoms with Gasteiger partial charge in [-0.2, -0.15) is 0 Å². The molecule has 5 heteroatoms. The zero-order valence-corrected chi connectivity index (χ0v) is 12.7. The van der Waals surface area contributed by atoms with Crippen molar-refractivity contribution in [3.8, 4) is 17.0 Å². The van der Waals surface area contributed by atoms with Gasteiger partial charge in [0.05, 0.1) is 17.6 Å². The fourth-order valence-electron chi connectivity index (χ4n) is 2.26. The van der Waals surface area contributed by atoms with Crippen molar-refractivity contribution in [3.05, 3.63) is 48.0 Å². The van der Waals surface area contributed by atoms with Gasteiger partial charge in [0.1, 0.15) is 5.75 Å². The molecule has 0 spiro atoms. The molecule has 19 heavy (non-hydrogen) atoms. The molecule has 96 valence electrons. The van der Waals surface area contributed by atoms with Crippen molar-refractivity contribution in [2.45, 2.75) is 13.8 Å². The van der Waals surface area contributed by atoms with Gasteiger partial charge in [0, 0.05) is 18.0 Å². The second-order valence-electron chi connectivity index (χ2n) is 4.40. The topological polar surface area (TPSA) is 39.4 Å². The summed E-state index contributed by atoms with van der Waals surface area (Å²) in [4.78, 5) is 8.71. The van der Waals surface area contributed by atoms with Crippen molar-refractivity contribution in [2.75, 3.05) is 0 Å². The number of aromatic nitrogens is 3. The number of benzene rings is 1. The summed E-state index contributed by atoms with van der Waals surface area (Å²) in [6, 6.07) is 6.05. The first-order valence-electron chi connectivity index (χ1n) is 5.89. The van der Waals surface area contributed by atoms with Crippen LogP contribution in [0.15, 0.2) is 36.8 Å². The van der Waals surface area contributed by atoms with E-state index in [1.54, 1.807) is 12.4 Å². The number of hydrogen-bond donors (Lipinski definition) is 0. The summed E-state index contributed by atoms with van der Waals surface area (Å²) in [5.74, 6) is 0.852. The third-order valence-corrected chi connectivity index (χ3v) is 3.68. The van der Waals surface area contributed by atoms with Crippen LogP contribution in [0.3, 0.4) is 0 Å². The van der Waals surface area contributed by atoms with Gasteiger partial charge in [-0.3, -0.25) is 9.38 Å². The van der Waals surface area contributed by atoms with E-state index in [9.17, 15) is 0 Å². The van der Waals surface area contributed by atoms with Gasteiger partial charge in [-0.05, 0) is 37.6 Å². The number of fused-ring (bicyclic) bond motifs is 1.